The van der Waals surface area contributed by atoms with E-state index >= 15 is 0 Å². The van der Waals surface area contributed by atoms with Crippen LogP contribution in [0.2, 0.25) is 0 Å². The van der Waals surface area contributed by atoms with E-state index in [2.05, 4.69) is 29.4 Å². The fourth-order valence-electron chi connectivity index (χ4n) is 1.70. The number of rotatable bonds is 9. The van der Waals surface area contributed by atoms with Crippen molar-refractivity contribution < 1.29 is 14.3 Å². The Morgan fingerprint density at radius 3 is 2.58 bits per heavy atom. The van der Waals surface area contributed by atoms with E-state index in [9.17, 15) is 4.79 Å². The Balaban J connectivity index is 2.20. The summed E-state index contributed by atoms with van der Waals surface area (Å²) in [5, 5.41) is 19.7. The van der Waals surface area contributed by atoms with Gasteiger partial charge >= 0.3 is 5.97 Å². The SMILES string of the molecule is CCc1nnc(CNCCC(C)(C)CCC(=O)O)o1. The number of aliphatic carboxylic acids is 1. The molecule has 1 aromatic heterocycles. The highest BCUT2D eigenvalue weighted by Gasteiger charge is 2.18. The number of carboxylic acid groups (broad SMARTS) is 1. The zero-order valence-corrected chi connectivity index (χ0v) is 11.9. The molecule has 0 bridgehead atoms. The van der Waals surface area contributed by atoms with Crippen LogP contribution < -0.4 is 5.32 Å². The summed E-state index contributed by atoms with van der Waals surface area (Å²) in [6.45, 7) is 7.49. The smallest absolute Gasteiger partial charge is 0.303 e. The van der Waals surface area contributed by atoms with Crippen LogP contribution in [0.5, 0.6) is 0 Å². The zero-order chi connectivity index (χ0) is 14.3. The number of aromatic nitrogens is 2. The van der Waals surface area contributed by atoms with Crippen molar-refractivity contribution in [3.63, 3.8) is 0 Å². The van der Waals surface area contributed by atoms with Gasteiger partial charge in [-0.3, -0.25) is 4.79 Å². The van der Waals surface area contributed by atoms with Gasteiger partial charge < -0.3 is 14.8 Å². The largest absolute Gasteiger partial charge is 0.481 e. The van der Waals surface area contributed by atoms with Crippen molar-refractivity contribution in [2.45, 2.75) is 53.0 Å². The molecule has 0 aliphatic heterocycles. The molecular formula is C13H23N3O3. The lowest BCUT2D eigenvalue weighted by atomic mass is 9.84. The molecule has 0 fully saturated rings. The Labute approximate surface area is 113 Å². The average Bonchev–Trinajstić information content (AvgIpc) is 2.80. The van der Waals surface area contributed by atoms with Crippen molar-refractivity contribution in [3.8, 4) is 0 Å². The number of hydrogen-bond donors (Lipinski definition) is 2. The third-order valence-electron chi connectivity index (χ3n) is 3.08. The third kappa shape index (κ3) is 6.33. The predicted octanol–water partition coefficient (Wildman–Crippen LogP) is 2.00. The molecule has 0 atom stereocenters. The molecule has 1 rings (SSSR count). The molecule has 0 aliphatic rings. The molecule has 0 saturated heterocycles. The first kappa shape index (κ1) is 15.6. The lowest BCUT2D eigenvalue weighted by Gasteiger charge is -2.23. The van der Waals surface area contributed by atoms with Gasteiger partial charge in [0.25, 0.3) is 0 Å². The molecule has 0 unspecified atom stereocenters. The normalized spacial score (nSPS) is 11.7. The number of carbonyl (C=O) groups is 1. The molecule has 0 aliphatic carbocycles. The van der Waals surface area contributed by atoms with Crippen LogP contribution in [0, 0.1) is 5.41 Å². The highest BCUT2D eigenvalue weighted by Crippen LogP contribution is 2.25. The first-order chi connectivity index (χ1) is 8.93. The molecule has 0 aromatic carbocycles. The summed E-state index contributed by atoms with van der Waals surface area (Å²) in [6, 6.07) is 0. The van der Waals surface area contributed by atoms with Gasteiger partial charge in [0.05, 0.1) is 6.54 Å². The molecule has 6 nitrogen and oxygen atoms in total. The van der Waals surface area contributed by atoms with Crippen molar-refractivity contribution >= 4 is 5.97 Å². The summed E-state index contributed by atoms with van der Waals surface area (Å²) in [4.78, 5) is 10.5. The summed E-state index contributed by atoms with van der Waals surface area (Å²) < 4.78 is 5.38. The van der Waals surface area contributed by atoms with Gasteiger partial charge in [-0.2, -0.15) is 0 Å². The van der Waals surface area contributed by atoms with E-state index in [4.69, 9.17) is 9.52 Å². The number of nitrogens with one attached hydrogen (secondary N) is 1. The fraction of sp³-hybridized carbons (Fsp3) is 0.769. The van der Waals surface area contributed by atoms with E-state index in [1.807, 2.05) is 6.92 Å². The average molecular weight is 269 g/mol. The Kier molecular flexibility index (Phi) is 5.95. The minimum absolute atomic E-state index is 0.0226. The number of carboxylic acids is 1. The van der Waals surface area contributed by atoms with Gasteiger partial charge in [0, 0.05) is 12.8 Å². The van der Waals surface area contributed by atoms with Crippen molar-refractivity contribution in [2.75, 3.05) is 6.54 Å². The van der Waals surface area contributed by atoms with E-state index < -0.39 is 5.97 Å². The first-order valence-electron chi connectivity index (χ1n) is 6.67. The van der Waals surface area contributed by atoms with Crippen molar-refractivity contribution in [2.24, 2.45) is 5.41 Å². The second kappa shape index (κ2) is 7.23. The van der Waals surface area contributed by atoms with Crippen molar-refractivity contribution in [1.82, 2.24) is 15.5 Å². The lowest BCUT2D eigenvalue weighted by molar-refractivity contribution is -0.137. The highest BCUT2D eigenvalue weighted by atomic mass is 16.4. The topological polar surface area (TPSA) is 88.2 Å². The molecule has 0 amide bonds. The van der Waals surface area contributed by atoms with E-state index in [1.54, 1.807) is 0 Å². The summed E-state index contributed by atoms with van der Waals surface area (Å²) >= 11 is 0. The quantitative estimate of drug-likeness (QED) is 0.667. The molecule has 0 saturated carbocycles. The zero-order valence-electron chi connectivity index (χ0n) is 11.9. The summed E-state index contributed by atoms with van der Waals surface area (Å²) in [7, 11) is 0. The van der Waals surface area contributed by atoms with E-state index in [0.717, 1.165) is 19.4 Å². The molecule has 0 spiro atoms. The molecule has 6 heteroatoms. The fourth-order valence-corrected chi connectivity index (χ4v) is 1.70. The van der Waals surface area contributed by atoms with E-state index in [1.165, 1.54) is 0 Å². The van der Waals surface area contributed by atoms with Crippen LogP contribution in [0.4, 0.5) is 0 Å². The predicted molar refractivity (Wildman–Crippen MR) is 70.7 cm³/mol. The van der Waals surface area contributed by atoms with Crippen LogP contribution in [0.1, 0.15) is 51.8 Å². The molecule has 2 N–H and O–H groups in total. The highest BCUT2D eigenvalue weighted by molar-refractivity contribution is 5.66. The molecule has 1 heterocycles. The van der Waals surface area contributed by atoms with Crippen LogP contribution in [-0.2, 0) is 17.8 Å². The molecule has 19 heavy (non-hydrogen) atoms. The third-order valence-corrected chi connectivity index (χ3v) is 3.08. The number of nitrogens with zero attached hydrogens (tertiary/aromatic N) is 2. The molecule has 0 radical (unpaired) electrons. The van der Waals surface area contributed by atoms with Gasteiger partial charge in [0.2, 0.25) is 11.8 Å². The Morgan fingerprint density at radius 1 is 1.32 bits per heavy atom. The van der Waals surface area contributed by atoms with Crippen LogP contribution in [0.15, 0.2) is 4.42 Å². The monoisotopic (exact) mass is 269 g/mol. The maximum absolute atomic E-state index is 10.5. The summed E-state index contributed by atoms with van der Waals surface area (Å²) in [5.74, 6) is 0.512. The van der Waals surface area contributed by atoms with E-state index in [0.29, 0.717) is 24.7 Å². The van der Waals surface area contributed by atoms with Crippen molar-refractivity contribution in [1.29, 1.82) is 0 Å². The molecular weight excluding hydrogens is 246 g/mol. The van der Waals surface area contributed by atoms with Crippen LogP contribution in [0.25, 0.3) is 0 Å². The molecule has 108 valence electrons. The van der Waals surface area contributed by atoms with Gasteiger partial charge in [0.1, 0.15) is 0 Å². The Bertz CT molecular complexity index is 402. The van der Waals surface area contributed by atoms with Gasteiger partial charge in [-0.15, -0.1) is 10.2 Å². The summed E-state index contributed by atoms with van der Waals surface area (Å²) in [5.41, 5.74) is 0.0226. The van der Waals surface area contributed by atoms with Gasteiger partial charge in [-0.1, -0.05) is 20.8 Å². The minimum Gasteiger partial charge on any atom is -0.481 e. The Morgan fingerprint density at radius 2 is 2.00 bits per heavy atom. The maximum atomic E-state index is 10.5. The van der Waals surface area contributed by atoms with Crippen LogP contribution >= 0.6 is 0 Å². The van der Waals surface area contributed by atoms with E-state index in [-0.39, 0.29) is 11.8 Å². The van der Waals surface area contributed by atoms with Crippen LogP contribution in [0.3, 0.4) is 0 Å². The minimum atomic E-state index is -0.737. The maximum Gasteiger partial charge on any atom is 0.303 e. The summed E-state index contributed by atoms with van der Waals surface area (Å²) in [6.07, 6.45) is 2.56. The second-order valence-electron chi connectivity index (χ2n) is 5.43. The standard InChI is InChI=1S/C13H23N3O3/c1-4-10-15-16-11(19-10)9-14-8-7-13(2,3)6-5-12(17)18/h14H,4-9H2,1-3H3,(H,17,18). The molecule has 1 aromatic rings. The number of hydrogen-bond acceptors (Lipinski definition) is 5. The Hall–Kier alpha value is -1.43. The van der Waals surface area contributed by atoms with Gasteiger partial charge in [-0.05, 0) is 24.8 Å². The van der Waals surface area contributed by atoms with Crippen LogP contribution in [-0.4, -0.2) is 27.8 Å². The van der Waals surface area contributed by atoms with Gasteiger partial charge in [-0.25, -0.2) is 0 Å². The van der Waals surface area contributed by atoms with Crippen molar-refractivity contribution in [3.05, 3.63) is 11.8 Å². The number of aryl methyl sites for hydroxylation is 1. The lowest BCUT2D eigenvalue weighted by Crippen LogP contribution is -2.23. The van der Waals surface area contributed by atoms with Gasteiger partial charge in [0.15, 0.2) is 0 Å². The second-order valence-corrected chi connectivity index (χ2v) is 5.43. The first-order valence-corrected chi connectivity index (χ1v) is 6.67.